The molecule has 0 saturated carbocycles. The number of halogens is 3. The number of rotatable bonds is 10. The van der Waals surface area contributed by atoms with Crippen LogP contribution in [0.4, 0.5) is 18.9 Å². The van der Waals surface area contributed by atoms with Crippen molar-refractivity contribution >= 4 is 17.6 Å². The van der Waals surface area contributed by atoms with Crippen LogP contribution in [0.3, 0.4) is 0 Å². The molecule has 10 nitrogen and oxygen atoms in total. The Bertz CT molecular complexity index is 1050. The number of aromatic nitrogens is 1. The van der Waals surface area contributed by atoms with Crippen LogP contribution in [0.15, 0.2) is 35.6 Å². The highest BCUT2D eigenvalue weighted by atomic mass is 19.3. The first-order chi connectivity index (χ1) is 15.1. The minimum atomic E-state index is -3.73. The Labute approximate surface area is 180 Å². The lowest BCUT2D eigenvalue weighted by Crippen LogP contribution is -2.39. The molecule has 0 radical (unpaired) electrons. The number of alkyl halides is 2. The van der Waals surface area contributed by atoms with Gasteiger partial charge in [0.05, 0.1) is 36.8 Å². The molecule has 0 bridgehead atoms. The van der Waals surface area contributed by atoms with Gasteiger partial charge in [-0.2, -0.15) is 14.0 Å². The Hall–Kier alpha value is -4.21. The van der Waals surface area contributed by atoms with Gasteiger partial charge in [-0.3, -0.25) is 9.78 Å². The summed E-state index contributed by atoms with van der Waals surface area (Å²) in [4.78, 5) is 20.5. The monoisotopic (exact) mass is 451 g/mol. The summed E-state index contributed by atoms with van der Waals surface area (Å²) in [7, 11) is 0. The third kappa shape index (κ3) is 5.91. The second-order valence-electron chi connectivity index (χ2n) is 6.53. The second kappa shape index (κ2) is 10.2. The van der Waals surface area contributed by atoms with Gasteiger partial charge in [0.1, 0.15) is 12.4 Å². The lowest BCUT2D eigenvalue weighted by Gasteiger charge is -2.29. The lowest BCUT2D eigenvalue weighted by atomic mass is 10.0. The number of oxime groups is 1. The number of aromatic hydroxyl groups is 1. The smallest absolute Gasteiger partial charge is 0.310 e. The van der Waals surface area contributed by atoms with Crippen molar-refractivity contribution in [1.29, 1.82) is 5.26 Å². The van der Waals surface area contributed by atoms with Crippen LogP contribution in [-0.4, -0.2) is 41.7 Å². The fourth-order valence-corrected chi connectivity index (χ4v) is 2.85. The summed E-state index contributed by atoms with van der Waals surface area (Å²) < 4.78 is 45.1. The molecule has 7 N–H and O–H groups in total. The molecule has 0 fully saturated rings. The molecule has 0 atom stereocenters. The average molecular weight is 451 g/mol. The number of primary amides is 1. The standard InChI is InChI=1S/C19H20F3N7O3/c20-16-12(8-15(24)31)11(9-23)3-4-13(16)29(6-7-32-28-18(25)26)10-19(21,22)17-14(30)2-1-5-27-17/h1-5,30H,6-8,10H2,(H2,24,31)(H4,25,26,28). The minimum Gasteiger partial charge on any atom is -0.506 e. The van der Waals surface area contributed by atoms with E-state index in [-0.39, 0.29) is 30.0 Å². The molecule has 2 rings (SSSR count). The van der Waals surface area contributed by atoms with Crippen molar-refractivity contribution in [3.05, 3.63) is 53.1 Å². The average Bonchev–Trinajstić information content (AvgIpc) is 2.71. The number of hydrogen-bond acceptors (Lipinski definition) is 7. The van der Waals surface area contributed by atoms with E-state index in [0.717, 1.165) is 23.2 Å². The third-order valence-corrected chi connectivity index (χ3v) is 4.18. The SMILES string of the molecule is N#Cc1ccc(N(CCON=C(N)N)CC(F)(F)c2ncccc2O)c(F)c1CC(N)=O. The summed E-state index contributed by atoms with van der Waals surface area (Å²) in [6.07, 6.45) is 0.459. The highest BCUT2D eigenvalue weighted by Gasteiger charge is 2.39. The zero-order chi connectivity index (χ0) is 23.9. The van der Waals surface area contributed by atoms with Gasteiger partial charge in [-0.1, -0.05) is 0 Å². The van der Waals surface area contributed by atoms with Crippen LogP contribution in [0, 0.1) is 17.1 Å². The van der Waals surface area contributed by atoms with Gasteiger partial charge in [0.25, 0.3) is 0 Å². The van der Waals surface area contributed by atoms with Crippen LogP contribution in [0.25, 0.3) is 0 Å². The van der Waals surface area contributed by atoms with Crippen molar-refractivity contribution in [2.45, 2.75) is 12.3 Å². The van der Waals surface area contributed by atoms with Crippen molar-refractivity contribution in [1.82, 2.24) is 4.98 Å². The molecule has 1 heterocycles. The lowest BCUT2D eigenvalue weighted by molar-refractivity contribution is -0.117. The van der Waals surface area contributed by atoms with Gasteiger partial charge in [-0.15, -0.1) is 0 Å². The Kier molecular flexibility index (Phi) is 7.67. The number of benzene rings is 1. The van der Waals surface area contributed by atoms with Gasteiger partial charge in [0, 0.05) is 11.8 Å². The van der Waals surface area contributed by atoms with Crippen LogP contribution < -0.4 is 22.1 Å². The first-order valence-corrected chi connectivity index (χ1v) is 9.04. The van der Waals surface area contributed by atoms with E-state index in [9.17, 15) is 23.9 Å². The number of nitrogens with two attached hydrogens (primary N) is 3. The van der Waals surface area contributed by atoms with Crippen LogP contribution in [0.5, 0.6) is 5.75 Å². The maximum atomic E-state index is 15.2. The predicted octanol–water partition coefficient (Wildman–Crippen LogP) is 0.629. The normalized spacial score (nSPS) is 10.8. The highest BCUT2D eigenvalue weighted by Crippen LogP contribution is 2.35. The predicted molar refractivity (Wildman–Crippen MR) is 108 cm³/mol. The van der Waals surface area contributed by atoms with Crippen LogP contribution in [-0.2, 0) is 22.0 Å². The Morgan fingerprint density at radius 2 is 2.03 bits per heavy atom. The third-order valence-electron chi connectivity index (χ3n) is 4.18. The zero-order valence-corrected chi connectivity index (χ0v) is 16.6. The molecular weight excluding hydrogens is 431 g/mol. The number of anilines is 1. The van der Waals surface area contributed by atoms with Crippen LogP contribution in [0.2, 0.25) is 0 Å². The molecule has 13 heteroatoms. The van der Waals surface area contributed by atoms with E-state index in [2.05, 4.69) is 10.1 Å². The molecule has 2 aromatic rings. The van der Waals surface area contributed by atoms with Crippen molar-refractivity contribution in [3.63, 3.8) is 0 Å². The van der Waals surface area contributed by atoms with E-state index in [1.807, 2.05) is 0 Å². The molecule has 1 aromatic carbocycles. The van der Waals surface area contributed by atoms with Crippen molar-refractivity contribution < 1.29 is 27.9 Å². The molecule has 1 aromatic heterocycles. The fourth-order valence-electron chi connectivity index (χ4n) is 2.85. The Balaban J connectivity index is 2.47. The molecular formula is C19H20F3N7O3. The molecule has 0 spiro atoms. The number of hydrogen-bond donors (Lipinski definition) is 4. The Morgan fingerprint density at radius 1 is 1.31 bits per heavy atom. The summed E-state index contributed by atoms with van der Waals surface area (Å²) in [5.74, 6) is -6.88. The van der Waals surface area contributed by atoms with Crippen LogP contribution in [0.1, 0.15) is 16.8 Å². The molecule has 0 aliphatic heterocycles. The van der Waals surface area contributed by atoms with E-state index in [1.165, 1.54) is 12.1 Å². The summed E-state index contributed by atoms with van der Waals surface area (Å²) in [5, 5.41) is 22.2. The molecule has 0 aliphatic carbocycles. The van der Waals surface area contributed by atoms with Gasteiger partial charge in [-0.05, 0) is 29.4 Å². The maximum absolute atomic E-state index is 15.2. The van der Waals surface area contributed by atoms with Gasteiger partial charge < -0.3 is 32.0 Å². The van der Waals surface area contributed by atoms with E-state index >= 15 is 4.39 Å². The first-order valence-electron chi connectivity index (χ1n) is 9.04. The van der Waals surface area contributed by atoms with Crippen molar-refractivity contribution in [3.8, 4) is 11.8 Å². The minimum absolute atomic E-state index is 0.170. The number of amides is 1. The highest BCUT2D eigenvalue weighted by molar-refractivity contribution is 5.78. The number of guanidine groups is 1. The molecule has 0 aliphatic rings. The molecule has 0 saturated heterocycles. The summed E-state index contributed by atoms with van der Waals surface area (Å²) >= 11 is 0. The topological polar surface area (TPSA) is 177 Å². The summed E-state index contributed by atoms with van der Waals surface area (Å²) in [5.41, 5.74) is 13.6. The molecule has 0 unspecified atom stereocenters. The molecule has 170 valence electrons. The molecule has 32 heavy (non-hydrogen) atoms. The number of pyridine rings is 1. The number of carbonyl (C=O) groups is 1. The van der Waals surface area contributed by atoms with E-state index in [0.29, 0.717) is 0 Å². The van der Waals surface area contributed by atoms with E-state index < -0.39 is 48.0 Å². The maximum Gasteiger partial charge on any atom is 0.310 e. The van der Waals surface area contributed by atoms with Crippen molar-refractivity contribution in [2.75, 3.05) is 24.6 Å². The van der Waals surface area contributed by atoms with Gasteiger partial charge in [0.15, 0.2) is 11.5 Å². The largest absolute Gasteiger partial charge is 0.506 e. The number of nitriles is 1. The summed E-state index contributed by atoms with van der Waals surface area (Å²) in [6, 6.07) is 6.32. The quantitative estimate of drug-likeness (QED) is 0.176. The van der Waals surface area contributed by atoms with E-state index in [4.69, 9.17) is 22.0 Å². The number of carbonyl (C=O) groups excluding carboxylic acids is 1. The second-order valence-corrected chi connectivity index (χ2v) is 6.53. The molecule has 1 amide bonds. The first kappa shape index (κ1) is 24.1. The van der Waals surface area contributed by atoms with Gasteiger partial charge >= 0.3 is 5.92 Å². The van der Waals surface area contributed by atoms with E-state index in [1.54, 1.807) is 6.07 Å². The zero-order valence-electron chi connectivity index (χ0n) is 16.6. The summed E-state index contributed by atoms with van der Waals surface area (Å²) in [6.45, 7) is -1.80. The van der Waals surface area contributed by atoms with Crippen LogP contribution >= 0.6 is 0 Å². The Morgan fingerprint density at radius 3 is 2.62 bits per heavy atom. The van der Waals surface area contributed by atoms with Gasteiger partial charge in [-0.25, -0.2) is 4.39 Å². The van der Waals surface area contributed by atoms with Gasteiger partial charge in [0.2, 0.25) is 11.9 Å². The van der Waals surface area contributed by atoms with Crippen molar-refractivity contribution in [2.24, 2.45) is 22.4 Å². The fraction of sp³-hybridized carbons (Fsp3) is 0.263. The number of nitrogens with zero attached hydrogens (tertiary/aromatic N) is 4.